The lowest BCUT2D eigenvalue weighted by Crippen LogP contribution is -2.38. The lowest BCUT2D eigenvalue weighted by Gasteiger charge is -2.18. The fraction of sp³-hybridized carbons (Fsp3) is 0.294. The van der Waals surface area contributed by atoms with Gasteiger partial charge in [-0.2, -0.15) is 0 Å². The molecule has 0 aliphatic carbocycles. The largest absolute Gasteiger partial charge is 0.490 e. The fourth-order valence-electron chi connectivity index (χ4n) is 2.03. The molecule has 6 heteroatoms. The van der Waals surface area contributed by atoms with E-state index in [9.17, 15) is 4.79 Å². The third kappa shape index (κ3) is 4.85. The number of ether oxygens (including phenoxy) is 1. The number of nitrogens with zero attached hydrogens (tertiary/aromatic N) is 1. The number of hydrogen-bond donors (Lipinski definition) is 1. The lowest BCUT2D eigenvalue weighted by molar-refractivity contribution is 0.0919. The van der Waals surface area contributed by atoms with Crippen LogP contribution in [0.1, 0.15) is 29.3 Å². The fourth-order valence-corrected chi connectivity index (χ4v) is 2.29. The van der Waals surface area contributed by atoms with E-state index in [2.05, 4.69) is 10.3 Å². The molecule has 0 saturated heterocycles. The highest BCUT2D eigenvalue weighted by Crippen LogP contribution is 2.23. The Hall–Kier alpha value is -1.78. The van der Waals surface area contributed by atoms with E-state index < -0.39 is 0 Å². The summed E-state index contributed by atoms with van der Waals surface area (Å²) in [4.78, 5) is 16.3. The Bertz CT molecular complexity index is 692. The molecule has 1 N–H and O–H groups in total. The quantitative estimate of drug-likeness (QED) is 0.789. The third-order valence-electron chi connectivity index (χ3n) is 3.44. The van der Waals surface area contributed by atoms with Crippen molar-refractivity contribution in [2.75, 3.05) is 6.61 Å². The van der Waals surface area contributed by atoms with Gasteiger partial charge in [-0.05, 0) is 25.0 Å². The molecule has 1 aromatic heterocycles. The zero-order chi connectivity index (χ0) is 16.8. The molecule has 0 bridgehead atoms. The second kappa shape index (κ2) is 8.18. The minimum absolute atomic E-state index is 0.106. The molecule has 0 aliphatic heterocycles. The number of aryl methyl sites for hydroxylation is 1. The number of pyridine rings is 1. The van der Waals surface area contributed by atoms with Crippen LogP contribution < -0.4 is 10.1 Å². The van der Waals surface area contributed by atoms with Crippen molar-refractivity contribution in [3.8, 4) is 5.75 Å². The lowest BCUT2D eigenvalue weighted by atomic mass is 10.1. The molecule has 1 amide bonds. The van der Waals surface area contributed by atoms with Crippen molar-refractivity contribution in [3.63, 3.8) is 0 Å². The van der Waals surface area contributed by atoms with E-state index in [-0.39, 0.29) is 17.1 Å². The maximum absolute atomic E-state index is 12.3. The highest BCUT2D eigenvalue weighted by molar-refractivity contribution is 6.41. The minimum Gasteiger partial charge on any atom is -0.490 e. The van der Waals surface area contributed by atoms with E-state index >= 15 is 0 Å². The van der Waals surface area contributed by atoms with Crippen molar-refractivity contribution < 1.29 is 9.53 Å². The van der Waals surface area contributed by atoms with Crippen molar-refractivity contribution in [1.82, 2.24) is 10.3 Å². The van der Waals surface area contributed by atoms with Crippen LogP contribution in [-0.4, -0.2) is 23.5 Å². The highest BCUT2D eigenvalue weighted by Gasteiger charge is 2.14. The SMILES string of the molecule is CCC(COc1cnc(Cl)c(Cl)c1)NC(=O)c1ccccc1C. The molecule has 1 aromatic carbocycles. The first-order valence-electron chi connectivity index (χ1n) is 7.31. The van der Waals surface area contributed by atoms with Crippen LogP contribution >= 0.6 is 23.2 Å². The molecule has 0 spiro atoms. The predicted molar refractivity (Wildman–Crippen MR) is 92.5 cm³/mol. The summed E-state index contributed by atoms with van der Waals surface area (Å²) in [5, 5.41) is 3.55. The zero-order valence-corrected chi connectivity index (χ0v) is 14.5. The Morgan fingerprint density at radius 3 is 2.74 bits per heavy atom. The third-order valence-corrected chi connectivity index (χ3v) is 4.13. The summed E-state index contributed by atoms with van der Waals surface area (Å²) in [7, 11) is 0. The average molecular weight is 353 g/mol. The van der Waals surface area contributed by atoms with Gasteiger partial charge in [-0.15, -0.1) is 0 Å². The van der Waals surface area contributed by atoms with Gasteiger partial charge in [0.1, 0.15) is 17.5 Å². The summed E-state index contributed by atoms with van der Waals surface area (Å²) >= 11 is 11.7. The molecule has 4 nitrogen and oxygen atoms in total. The number of aromatic nitrogens is 1. The second-order valence-electron chi connectivity index (χ2n) is 5.15. The number of halogens is 2. The van der Waals surface area contributed by atoms with Gasteiger partial charge in [-0.25, -0.2) is 4.98 Å². The molecule has 122 valence electrons. The number of carbonyl (C=O) groups excluding carboxylic acids is 1. The topological polar surface area (TPSA) is 51.2 Å². The summed E-state index contributed by atoms with van der Waals surface area (Å²) in [6.07, 6.45) is 2.25. The number of benzene rings is 1. The Balaban J connectivity index is 1.96. The Kier molecular flexibility index (Phi) is 6.25. The molecule has 2 rings (SSSR count). The summed E-state index contributed by atoms with van der Waals surface area (Å²) in [5.74, 6) is 0.411. The molecular formula is C17H18Cl2N2O2. The van der Waals surface area contributed by atoms with Crippen molar-refractivity contribution in [2.24, 2.45) is 0 Å². The van der Waals surface area contributed by atoms with Crippen LogP contribution in [0.2, 0.25) is 10.2 Å². The molecule has 1 atom stereocenters. The molecule has 23 heavy (non-hydrogen) atoms. The number of rotatable bonds is 6. The summed E-state index contributed by atoms with van der Waals surface area (Å²) in [5.41, 5.74) is 1.61. The van der Waals surface area contributed by atoms with Gasteiger partial charge < -0.3 is 10.1 Å². The molecule has 1 unspecified atom stereocenters. The van der Waals surface area contributed by atoms with Crippen molar-refractivity contribution in [1.29, 1.82) is 0 Å². The number of nitrogens with one attached hydrogen (secondary N) is 1. The molecule has 2 aromatic rings. The van der Waals surface area contributed by atoms with Crippen molar-refractivity contribution >= 4 is 29.1 Å². The van der Waals surface area contributed by atoms with Crippen LogP contribution in [0.25, 0.3) is 0 Å². The highest BCUT2D eigenvalue weighted by atomic mass is 35.5. The Morgan fingerprint density at radius 2 is 2.09 bits per heavy atom. The van der Waals surface area contributed by atoms with Gasteiger partial charge in [-0.3, -0.25) is 4.79 Å². The van der Waals surface area contributed by atoms with Gasteiger partial charge in [0.15, 0.2) is 0 Å². The first kappa shape index (κ1) is 17.6. The van der Waals surface area contributed by atoms with Crippen LogP contribution in [0.4, 0.5) is 0 Å². The maximum atomic E-state index is 12.3. The van der Waals surface area contributed by atoms with Crippen LogP contribution in [0.3, 0.4) is 0 Å². The van der Waals surface area contributed by atoms with E-state index in [1.165, 1.54) is 6.20 Å². The number of amides is 1. The number of hydrogen-bond acceptors (Lipinski definition) is 3. The normalized spacial score (nSPS) is 11.8. The van der Waals surface area contributed by atoms with Gasteiger partial charge >= 0.3 is 0 Å². The zero-order valence-electron chi connectivity index (χ0n) is 13.0. The molecule has 0 aliphatic rings. The van der Waals surface area contributed by atoms with E-state index in [1.54, 1.807) is 12.1 Å². The Labute approximate surface area is 145 Å². The van der Waals surface area contributed by atoms with E-state index in [4.69, 9.17) is 27.9 Å². The molecular weight excluding hydrogens is 335 g/mol. The van der Waals surface area contributed by atoms with Gasteiger partial charge in [0.25, 0.3) is 5.91 Å². The van der Waals surface area contributed by atoms with Gasteiger partial charge in [0, 0.05) is 11.6 Å². The summed E-state index contributed by atoms with van der Waals surface area (Å²) in [6, 6.07) is 8.96. The van der Waals surface area contributed by atoms with Crippen molar-refractivity contribution in [3.05, 3.63) is 57.8 Å². The van der Waals surface area contributed by atoms with E-state index in [0.717, 1.165) is 12.0 Å². The van der Waals surface area contributed by atoms with Gasteiger partial charge in [0.05, 0.1) is 17.3 Å². The van der Waals surface area contributed by atoms with Gasteiger partial charge in [-0.1, -0.05) is 48.3 Å². The average Bonchev–Trinajstić information content (AvgIpc) is 2.54. The first-order valence-corrected chi connectivity index (χ1v) is 8.07. The smallest absolute Gasteiger partial charge is 0.251 e. The van der Waals surface area contributed by atoms with Gasteiger partial charge in [0.2, 0.25) is 0 Å². The van der Waals surface area contributed by atoms with Crippen LogP contribution in [0, 0.1) is 6.92 Å². The van der Waals surface area contributed by atoms with Crippen LogP contribution in [0.15, 0.2) is 36.5 Å². The summed E-state index contributed by atoms with van der Waals surface area (Å²) in [6.45, 7) is 4.22. The standard InChI is InChI=1S/C17H18Cl2N2O2/c1-3-12(10-23-13-8-15(18)16(19)20-9-13)21-17(22)14-7-5-4-6-11(14)2/h4-9,12H,3,10H2,1-2H3,(H,21,22). The van der Waals surface area contributed by atoms with Crippen LogP contribution in [0.5, 0.6) is 5.75 Å². The molecule has 1 heterocycles. The van der Waals surface area contributed by atoms with Crippen LogP contribution in [-0.2, 0) is 0 Å². The molecule has 0 fully saturated rings. The minimum atomic E-state index is -0.114. The van der Waals surface area contributed by atoms with Crippen molar-refractivity contribution in [2.45, 2.75) is 26.3 Å². The predicted octanol–water partition coefficient (Wildman–Crippen LogP) is 4.28. The maximum Gasteiger partial charge on any atom is 0.251 e. The second-order valence-corrected chi connectivity index (χ2v) is 5.91. The first-order chi connectivity index (χ1) is 11.0. The molecule has 0 saturated carbocycles. The Morgan fingerprint density at radius 1 is 1.35 bits per heavy atom. The summed E-state index contributed by atoms with van der Waals surface area (Å²) < 4.78 is 5.64. The monoisotopic (exact) mass is 352 g/mol. The van der Waals surface area contributed by atoms with E-state index in [1.807, 2.05) is 32.0 Å². The van der Waals surface area contributed by atoms with E-state index in [0.29, 0.717) is 22.9 Å². The molecule has 0 radical (unpaired) electrons. The number of carbonyl (C=O) groups is 1.